The summed E-state index contributed by atoms with van der Waals surface area (Å²) >= 11 is 0. The van der Waals surface area contributed by atoms with Crippen molar-refractivity contribution in [2.24, 2.45) is 0 Å². The second kappa shape index (κ2) is 5.88. The first-order chi connectivity index (χ1) is 12.1. The number of ketones is 1. The van der Waals surface area contributed by atoms with Crippen LogP contribution in [0.3, 0.4) is 0 Å². The SMILES string of the molecule is C[C@@]12C=CC(=O)C[C@@H]1N(c1ccccc1)C(=O)N2Cc1ccccc1. The summed E-state index contributed by atoms with van der Waals surface area (Å²) in [6, 6.07) is 19.3. The van der Waals surface area contributed by atoms with Crippen LogP contribution in [-0.4, -0.2) is 28.3 Å². The van der Waals surface area contributed by atoms with Crippen LogP contribution in [0.5, 0.6) is 0 Å². The topological polar surface area (TPSA) is 40.6 Å². The van der Waals surface area contributed by atoms with Gasteiger partial charge in [0.1, 0.15) is 0 Å². The third-order valence-electron chi connectivity index (χ3n) is 5.22. The fourth-order valence-corrected chi connectivity index (χ4v) is 3.81. The van der Waals surface area contributed by atoms with Crippen LogP contribution in [0.25, 0.3) is 0 Å². The van der Waals surface area contributed by atoms with Crippen LogP contribution < -0.4 is 4.90 Å². The average molecular weight is 332 g/mol. The predicted octanol–water partition coefficient (Wildman–Crippen LogP) is 3.79. The monoisotopic (exact) mass is 332 g/mol. The number of anilines is 1. The first kappa shape index (κ1) is 15.6. The second-order valence-electron chi connectivity index (χ2n) is 6.81. The molecule has 1 saturated heterocycles. The van der Waals surface area contributed by atoms with E-state index in [2.05, 4.69) is 0 Å². The molecule has 2 amide bonds. The molecule has 1 aliphatic carbocycles. The van der Waals surface area contributed by atoms with Crippen molar-refractivity contribution in [2.45, 2.75) is 31.5 Å². The van der Waals surface area contributed by atoms with Gasteiger partial charge in [-0.05, 0) is 30.7 Å². The van der Waals surface area contributed by atoms with Gasteiger partial charge in [0.2, 0.25) is 0 Å². The number of nitrogens with zero attached hydrogens (tertiary/aromatic N) is 2. The number of rotatable bonds is 3. The van der Waals surface area contributed by atoms with Gasteiger partial charge < -0.3 is 4.90 Å². The standard InChI is InChI=1S/C21H20N2O2/c1-21-13-12-18(24)14-19(21)23(17-10-6-3-7-11-17)20(25)22(21)15-16-8-4-2-5-9-16/h2-13,19H,14-15H2,1H3/t19-,21+/m0/s1. The second-order valence-corrected chi connectivity index (χ2v) is 6.81. The molecule has 1 aliphatic heterocycles. The number of urea groups is 1. The van der Waals surface area contributed by atoms with E-state index in [9.17, 15) is 9.59 Å². The number of hydrogen-bond donors (Lipinski definition) is 0. The Morgan fingerprint density at radius 1 is 1.00 bits per heavy atom. The number of carbonyl (C=O) groups excluding carboxylic acids is 2. The third-order valence-corrected chi connectivity index (χ3v) is 5.22. The molecule has 2 aromatic carbocycles. The predicted molar refractivity (Wildman–Crippen MR) is 97.3 cm³/mol. The summed E-state index contributed by atoms with van der Waals surface area (Å²) in [4.78, 5) is 29.0. The minimum Gasteiger partial charge on any atom is -0.309 e. The van der Waals surface area contributed by atoms with E-state index in [1.807, 2.05) is 78.6 Å². The molecule has 0 unspecified atom stereocenters. The molecule has 2 atom stereocenters. The smallest absolute Gasteiger partial charge is 0.309 e. The van der Waals surface area contributed by atoms with Crippen molar-refractivity contribution in [1.82, 2.24) is 4.90 Å². The Kier molecular flexibility index (Phi) is 3.68. The van der Waals surface area contributed by atoms with Crippen LogP contribution in [0.1, 0.15) is 18.9 Å². The summed E-state index contributed by atoms with van der Waals surface area (Å²) in [5.74, 6) is 0.0674. The van der Waals surface area contributed by atoms with Crippen LogP contribution >= 0.6 is 0 Å². The van der Waals surface area contributed by atoms with Gasteiger partial charge in [-0.25, -0.2) is 4.79 Å². The zero-order valence-corrected chi connectivity index (χ0v) is 14.1. The number of para-hydroxylation sites is 1. The maximum Gasteiger partial charge on any atom is 0.325 e. The summed E-state index contributed by atoms with van der Waals surface area (Å²) in [5.41, 5.74) is 1.41. The van der Waals surface area contributed by atoms with Gasteiger partial charge in [0.05, 0.1) is 11.6 Å². The number of fused-ring (bicyclic) bond motifs is 1. The Morgan fingerprint density at radius 2 is 1.64 bits per heavy atom. The third kappa shape index (κ3) is 2.54. The first-order valence-electron chi connectivity index (χ1n) is 8.51. The van der Waals surface area contributed by atoms with Crippen molar-refractivity contribution in [2.75, 3.05) is 4.90 Å². The number of allylic oxidation sites excluding steroid dienone is 1. The zero-order valence-electron chi connectivity index (χ0n) is 14.1. The number of benzene rings is 2. The van der Waals surface area contributed by atoms with E-state index < -0.39 is 5.54 Å². The molecule has 4 heteroatoms. The van der Waals surface area contributed by atoms with Crippen molar-refractivity contribution < 1.29 is 9.59 Å². The quantitative estimate of drug-likeness (QED) is 0.858. The number of hydrogen-bond acceptors (Lipinski definition) is 2. The molecule has 1 fully saturated rings. The lowest BCUT2D eigenvalue weighted by atomic mass is 9.83. The number of carbonyl (C=O) groups is 2. The normalized spacial score (nSPS) is 25.4. The molecule has 0 bridgehead atoms. The molecule has 4 rings (SSSR count). The van der Waals surface area contributed by atoms with Crippen molar-refractivity contribution in [3.05, 3.63) is 78.4 Å². The average Bonchev–Trinajstić information content (AvgIpc) is 2.84. The van der Waals surface area contributed by atoms with E-state index in [-0.39, 0.29) is 17.9 Å². The van der Waals surface area contributed by atoms with Gasteiger partial charge in [-0.1, -0.05) is 54.6 Å². The van der Waals surface area contributed by atoms with E-state index in [1.165, 1.54) is 0 Å². The van der Waals surface area contributed by atoms with Gasteiger partial charge in [0, 0.05) is 18.7 Å². The maximum absolute atomic E-state index is 13.3. The zero-order chi connectivity index (χ0) is 17.4. The largest absolute Gasteiger partial charge is 0.325 e. The number of amides is 2. The van der Waals surface area contributed by atoms with Crippen LogP contribution in [0.2, 0.25) is 0 Å². The lowest BCUT2D eigenvalue weighted by Crippen LogP contribution is -2.50. The molecule has 0 saturated carbocycles. The maximum atomic E-state index is 13.3. The van der Waals surface area contributed by atoms with Crippen LogP contribution in [0, 0.1) is 0 Å². The molecule has 0 radical (unpaired) electrons. The Balaban J connectivity index is 1.77. The summed E-state index contributed by atoms with van der Waals surface area (Å²) in [7, 11) is 0. The molecule has 1 heterocycles. The summed E-state index contributed by atoms with van der Waals surface area (Å²) in [6.45, 7) is 2.57. The van der Waals surface area contributed by atoms with E-state index >= 15 is 0 Å². The Morgan fingerprint density at radius 3 is 2.32 bits per heavy atom. The van der Waals surface area contributed by atoms with Crippen molar-refractivity contribution >= 4 is 17.5 Å². The van der Waals surface area contributed by atoms with Crippen LogP contribution in [0.4, 0.5) is 10.5 Å². The first-order valence-corrected chi connectivity index (χ1v) is 8.51. The molecule has 25 heavy (non-hydrogen) atoms. The van der Waals surface area contributed by atoms with Crippen molar-refractivity contribution in [3.8, 4) is 0 Å². The van der Waals surface area contributed by atoms with Crippen LogP contribution in [-0.2, 0) is 11.3 Å². The molecule has 4 nitrogen and oxygen atoms in total. The van der Waals surface area contributed by atoms with Crippen molar-refractivity contribution in [1.29, 1.82) is 0 Å². The van der Waals surface area contributed by atoms with Gasteiger partial charge in [-0.2, -0.15) is 0 Å². The van der Waals surface area contributed by atoms with Gasteiger partial charge in [0.15, 0.2) is 5.78 Å². The Hall–Kier alpha value is -2.88. The van der Waals surface area contributed by atoms with E-state index in [4.69, 9.17) is 0 Å². The van der Waals surface area contributed by atoms with Gasteiger partial charge in [-0.3, -0.25) is 9.69 Å². The Bertz CT molecular complexity index is 831. The molecule has 2 aromatic rings. The van der Waals surface area contributed by atoms with E-state index in [0.29, 0.717) is 13.0 Å². The molecule has 0 spiro atoms. The highest BCUT2D eigenvalue weighted by atomic mass is 16.2. The molecule has 126 valence electrons. The lowest BCUT2D eigenvalue weighted by Gasteiger charge is -2.37. The van der Waals surface area contributed by atoms with E-state index in [0.717, 1.165) is 11.3 Å². The Labute approximate surface area is 147 Å². The van der Waals surface area contributed by atoms with Crippen LogP contribution in [0.15, 0.2) is 72.8 Å². The lowest BCUT2D eigenvalue weighted by molar-refractivity contribution is -0.115. The summed E-state index contributed by atoms with van der Waals surface area (Å²) < 4.78 is 0. The molecule has 0 N–H and O–H groups in total. The molecule has 2 aliphatic rings. The molecular weight excluding hydrogens is 312 g/mol. The summed E-state index contributed by atoms with van der Waals surface area (Å²) in [5, 5.41) is 0. The minimum absolute atomic E-state index is 0.0538. The molecule has 0 aromatic heterocycles. The van der Waals surface area contributed by atoms with E-state index in [1.54, 1.807) is 11.0 Å². The fourth-order valence-electron chi connectivity index (χ4n) is 3.81. The van der Waals surface area contributed by atoms with Gasteiger partial charge in [-0.15, -0.1) is 0 Å². The highest BCUT2D eigenvalue weighted by Crippen LogP contribution is 2.41. The van der Waals surface area contributed by atoms with Crippen molar-refractivity contribution in [3.63, 3.8) is 0 Å². The summed E-state index contributed by atoms with van der Waals surface area (Å²) in [6.07, 6.45) is 3.86. The highest BCUT2D eigenvalue weighted by Gasteiger charge is 2.55. The highest BCUT2D eigenvalue weighted by molar-refractivity contribution is 6.01. The fraction of sp³-hybridized carbons (Fsp3) is 0.238. The van der Waals surface area contributed by atoms with Gasteiger partial charge >= 0.3 is 6.03 Å². The van der Waals surface area contributed by atoms with Gasteiger partial charge in [0.25, 0.3) is 0 Å². The molecular formula is C21H20N2O2. The minimum atomic E-state index is -0.503.